The van der Waals surface area contributed by atoms with Crippen LogP contribution in [0.2, 0.25) is 0 Å². The second-order valence-electron chi connectivity index (χ2n) is 6.64. The molecule has 0 radical (unpaired) electrons. The molecule has 0 aliphatic carbocycles. The second kappa shape index (κ2) is 7.22. The van der Waals surface area contributed by atoms with Crippen molar-refractivity contribution in [3.63, 3.8) is 0 Å². The van der Waals surface area contributed by atoms with Gasteiger partial charge in [-0.05, 0) is 42.8 Å². The average Bonchev–Trinajstić information content (AvgIpc) is 2.73. The molecule has 0 saturated carbocycles. The van der Waals surface area contributed by atoms with E-state index >= 15 is 0 Å². The summed E-state index contributed by atoms with van der Waals surface area (Å²) in [5.74, 6) is 0.530. The molecule has 0 aliphatic rings. The second-order valence-corrected chi connectivity index (χ2v) is 8.52. The van der Waals surface area contributed by atoms with E-state index in [0.717, 1.165) is 5.56 Å². The molecule has 4 rings (SSSR count). The number of fused-ring (bicyclic) bond motifs is 1. The van der Waals surface area contributed by atoms with Crippen molar-refractivity contribution in [1.82, 2.24) is 0 Å². The van der Waals surface area contributed by atoms with E-state index in [1.807, 2.05) is 13.0 Å². The average molecular weight is 406 g/mol. The summed E-state index contributed by atoms with van der Waals surface area (Å²) in [4.78, 5) is 12.5. The van der Waals surface area contributed by atoms with Crippen molar-refractivity contribution in [1.29, 1.82) is 0 Å². The van der Waals surface area contributed by atoms with E-state index < -0.39 is 15.5 Å². The maximum atomic E-state index is 13.5. The van der Waals surface area contributed by atoms with Crippen LogP contribution in [0, 0.1) is 6.92 Å². The first kappa shape index (κ1) is 19.0. The molecule has 3 aromatic carbocycles. The summed E-state index contributed by atoms with van der Waals surface area (Å²) in [5, 5.41) is 0.487. The number of aryl methyl sites for hydroxylation is 1. The predicted octanol–water partition coefficient (Wildman–Crippen LogP) is 4.61. The van der Waals surface area contributed by atoms with Gasteiger partial charge in [0, 0.05) is 10.9 Å². The van der Waals surface area contributed by atoms with Crippen molar-refractivity contribution < 1.29 is 17.6 Å². The normalized spacial score (nSPS) is 11.5. The highest BCUT2D eigenvalue weighted by molar-refractivity contribution is 7.91. The predicted molar refractivity (Wildman–Crippen MR) is 111 cm³/mol. The fourth-order valence-electron chi connectivity index (χ4n) is 3.26. The largest absolute Gasteiger partial charge is 0.497 e. The highest BCUT2D eigenvalue weighted by atomic mass is 32.2. The van der Waals surface area contributed by atoms with E-state index in [1.54, 1.807) is 54.6 Å². The number of rotatable bonds is 4. The first-order valence-electron chi connectivity index (χ1n) is 8.94. The van der Waals surface area contributed by atoms with Gasteiger partial charge >= 0.3 is 5.63 Å². The fourth-order valence-corrected chi connectivity index (χ4v) is 4.75. The molecule has 4 aromatic rings. The van der Waals surface area contributed by atoms with Crippen LogP contribution < -0.4 is 10.4 Å². The Labute approximate surface area is 168 Å². The molecular weight excluding hydrogens is 388 g/mol. The van der Waals surface area contributed by atoms with Crippen LogP contribution in [-0.4, -0.2) is 15.5 Å². The first-order chi connectivity index (χ1) is 13.9. The van der Waals surface area contributed by atoms with E-state index in [9.17, 15) is 13.2 Å². The Hall–Kier alpha value is -3.38. The number of ether oxygens (including phenoxy) is 1. The molecule has 0 fully saturated rings. The molecule has 0 atom stereocenters. The lowest BCUT2D eigenvalue weighted by Gasteiger charge is -2.13. The Morgan fingerprint density at radius 2 is 1.59 bits per heavy atom. The molecule has 0 bridgehead atoms. The molecule has 0 N–H and O–H groups in total. The minimum atomic E-state index is -4.12. The van der Waals surface area contributed by atoms with Crippen LogP contribution in [0.3, 0.4) is 0 Å². The molecule has 5 nitrogen and oxygen atoms in total. The van der Waals surface area contributed by atoms with Crippen molar-refractivity contribution in [2.75, 3.05) is 7.11 Å². The van der Waals surface area contributed by atoms with Gasteiger partial charge in [-0.3, -0.25) is 0 Å². The molecule has 0 amide bonds. The van der Waals surface area contributed by atoms with E-state index in [-0.39, 0.29) is 15.4 Å². The molecule has 1 aromatic heterocycles. The van der Waals surface area contributed by atoms with Crippen molar-refractivity contribution in [3.05, 3.63) is 88.8 Å². The summed E-state index contributed by atoms with van der Waals surface area (Å²) in [7, 11) is -2.60. The van der Waals surface area contributed by atoms with Crippen LogP contribution in [0.15, 0.2) is 91.8 Å². The van der Waals surface area contributed by atoms with E-state index in [2.05, 4.69) is 0 Å². The van der Waals surface area contributed by atoms with Gasteiger partial charge in [0.2, 0.25) is 9.84 Å². The minimum absolute atomic E-state index is 0.0369. The van der Waals surface area contributed by atoms with Crippen molar-refractivity contribution >= 4 is 20.8 Å². The minimum Gasteiger partial charge on any atom is -0.497 e. The summed E-state index contributed by atoms with van der Waals surface area (Å²) in [6, 6.07) is 20.3. The third kappa shape index (κ3) is 3.32. The summed E-state index contributed by atoms with van der Waals surface area (Å²) in [6.07, 6.45) is 0. The van der Waals surface area contributed by atoms with Gasteiger partial charge in [0.1, 0.15) is 11.3 Å². The van der Waals surface area contributed by atoms with Crippen molar-refractivity contribution in [2.45, 2.75) is 16.7 Å². The Kier molecular flexibility index (Phi) is 4.72. The van der Waals surface area contributed by atoms with Crippen LogP contribution in [0.4, 0.5) is 0 Å². The monoisotopic (exact) mass is 406 g/mol. The maximum Gasteiger partial charge on any atom is 0.356 e. The zero-order valence-electron chi connectivity index (χ0n) is 15.9. The highest BCUT2D eigenvalue weighted by Gasteiger charge is 2.29. The maximum absolute atomic E-state index is 13.5. The molecule has 1 heterocycles. The Morgan fingerprint density at radius 3 is 2.24 bits per heavy atom. The molecule has 0 saturated heterocycles. The van der Waals surface area contributed by atoms with Crippen LogP contribution in [0.5, 0.6) is 5.75 Å². The van der Waals surface area contributed by atoms with Gasteiger partial charge in [0.25, 0.3) is 0 Å². The van der Waals surface area contributed by atoms with Gasteiger partial charge in [-0.1, -0.05) is 48.0 Å². The summed E-state index contributed by atoms with van der Waals surface area (Å²) in [6.45, 7) is 1.86. The molecule has 0 unspecified atom stereocenters. The number of methoxy groups -OCH3 is 1. The first-order valence-corrected chi connectivity index (χ1v) is 10.4. The van der Waals surface area contributed by atoms with Gasteiger partial charge < -0.3 is 9.15 Å². The lowest BCUT2D eigenvalue weighted by atomic mass is 10.0. The molecule has 0 spiro atoms. The SMILES string of the molecule is COc1ccc2oc(=O)c(S(=O)(=O)c3ccc(C)cc3)c(-c3ccccc3)c2c1. The summed E-state index contributed by atoms with van der Waals surface area (Å²) < 4.78 is 37.6. The Bertz CT molecular complexity index is 1350. The smallest absolute Gasteiger partial charge is 0.356 e. The molecular formula is C23H18O5S. The van der Waals surface area contributed by atoms with E-state index in [0.29, 0.717) is 22.3 Å². The molecule has 0 aliphatic heterocycles. The number of sulfone groups is 1. The third-order valence-corrected chi connectivity index (χ3v) is 6.53. The Balaban J connectivity index is 2.15. The van der Waals surface area contributed by atoms with Crippen molar-refractivity contribution in [2.24, 2.45) is 0 Å². The highest BCUT2D eigenvalue weighted by Crippen LogP contribution is 2.36. The number of hydrogen-bond donors (Lipinski definition) is 0. The van der Waals surface area contributed by atoms with Gasteiger partial charge in [0.15, 0.2) is 4.90 Å². The zero-order valence-corrected chi connectivity index (χ0v) is 16.7. The van der Waals surface area contributed by atoms with Crippen LogP contribution in [0.25, 0.3) is 22.1 Å². The van der Waals surface area contributed by atoms with Crippen LogP contribution >= 0.6 is 0 Å². The summed E-state index contributed by atoms with van der Waals surface area (Å²) in [5.41, 5.74) is 1.21. The van der Waals surface area contributed by atoms with Gasteiger partial charge in [0.05, 0.1) is 12.0 Å². The zero-order chi connectivity index (χ0) is 20.6. The third-order valence-electron chi connectivity index (χ3n) is 4.73. The standard InChI is InChI=1S/C23H18O5S/c1-15-8-11-18(12-9-15)29(25,26)22-21(16-6-4-3-5-7-16)19-14-17(27-2)10-13-20(19)28-23(22)24/h3-14H,1-2H3. The summed E-state index contributed by atoms with van der Waals surface area (Å²) >= 11 is 0. The topological polar surface area (TPSA) is 73.6 Å². The van der Waals surface area contributed by atoms with Gasteiger partial charge in [-0.2, -0.15) is 0 Å². The quantitative estimate of drug-likeness (QED) is 0.463. The fraction of sp³-hybridized carbons (Fsp3) is 0.0870. The van der Waals surface area contributed by atoms with Gasteiger partial charge in [-0.15, -0.1) is 0 Å². The van der Waals surface area contributed by atoms with E-state index in [1.165, 1.54) is 19.2 Å². The molecule has 29 heavy (non-hydrogen) atoms. The van der Waals surface area contributed by atoms with Crippen molar-refractivity contribution in [3.8, 4) is 16.9 Å². The molecule has 146 valence electrons. The lowest BCUT2D eigenvalue weighted by molar-refractivity contribution is 0.415. The van der Waals surface area contributed by atoms with Crippen LogP contribution in [0.1, 0.15) is 5.56 Å². The van der Waals surface area contributed by atoms with Crippen LogP contribution in [-0.2, 0) is 9.84 Å². The van der Waals surface area contributed by atoms with Gasteiger partial charge in [-0.25, -0.2) is 13.2 Å². The number of hydrogen-bond acceptors (Lipinski definition) is 5. The Morgan fingerprint density at radius 1 is 0.897 bits per heavy atom. The molecule has 6 heteroatoms. The van der Waals surface area contributed by atoms with E-state index in [4.69, 9.17) is 9.15 Å². The number of benzene rings is 3. The lowest BCUT2D eigenvalue weighted by Crippen LogP contribution is -2.16.